The second kappa shape index (κ2) is 9.67. The molecule has 2 aliphatic rings. The zero-order chi connectivity index (χ0) is 21.8. The number of aryl methyl sites for hydroxylation is 1. The predicted molar refractivity (Wildman–Crippen MR) is 128 cm³/mol. The maximum atomic E-state index is 13.1. The molecule has 0 aromatic heterocycles. The molecule has 2 aromatic carbocycles. The van der Waals surface area contributed by atoms with Crippen LogP contribution in [0.2, 0.25) is 0 Å². The van der Waals surface area contributed by atoms with E-state index in [1.807, 2.05) is 23.1 Å². The van der Waals surface area contributed by atoms with Crippen molar-refractivity contribution >= 4 is 28.5 Å². The van der Waals surface area contributed by atoms with Crippen LogP contribution in [-0.2, 0) is 16.0 Å². The number of piperidine rings is 1. The molecular formula is C26H33N3O2. The number of para-hydroxylation sites is 1. The number of likely N-dealkylation sites (tertiary alicyclic amines) is 1. The number of ether oxygens (including phenoxy) is 1. The number of hydrogen-bond acceptors (Lipinski definition) is 4. The van der Waals surface area contributed by atoms with Crippen LogP contribution >= 0.6 is 0 Å². The molecule has 0 unspecified atom stereocenters. The zero-order valence-corrected chi connectivity index (χ0v) is 18.7. The zero-order valence-electron chi connectivity index (χ0n) is 18.7. The molecule has 0 radical (unpaired) electrons. The Kier molecular flexibility index (Phi) is 6.73. The van der Waals surface area contributed by atoms with E-state index in [2.05, 4.69) is 48.0 Å². The number of benzene rings is 2. The summed E-state index contributed by atoms with van der Waals surface area (Å²) in [6.07, 6.45) is 4.21. The van der Waals surface area contributed by atoms with Gasteiger partial charge in [-0.3, -0.25) is 9.69 Å². The second-order valence-corrected chi connectivity index (χ2v) is 8.48. The Balaban J connectivity index is 1.51. The molecular weight excluding hydrogens is 386 g/mol. The van der Waals surface area contributed by atoms with Gasteiger partial charge in [0.1, 0.15) is 0 Å². The van der Waals surface area contributed by atoms with Gasteiger partial charge in [-0.25, -0.2) is 0 Å². The lowest BCUT2D eigenvalue weighted by Gasteiger charge is -2.32. The number of nitrogens with one attached hydrogen (secondary N) is 1. The molecule has 4 rings (SSSR count). The number of carbonyl (C=O) groups excluding carboxylic acids is 1. The van der Waals surface area contributed by atoms with Gasteiger partial charge in [0.05, 0.1) is 18.0 Å². The first kappa shape index (κ1) is 21.6. The molecule has 0 spiro atoms. The highest BCUT2D eigenvalue weighted by molar-refractivity contribution is 6.34. The Morgan fingerprint density at radius 2 is 1.90 bits per heavy atom. The fourth-order valence-corrected chi connectivity index (χ4v) is 4.63. The van der Waals surface area contributed by atoms with Gasteiger partial charge in [-0.1, -0.05) is 38.1 Å². The molecule has 1 fully saturated rings. The number of fused-ring (bicyclic) bond motifs is 1. The topological polar surface area (TPSA) is 44.8 Å². The molecule has 5 heteroatoms. The smallest absolute Gasteiger partial charge is 0.262 e. The lowest BCUT2D eigenvalue weighted by Crippen LogP contribution is -2.40. The summed E-state index contributed by atoms with van der Waals surface area (Å²) in [6, 6.07) is 14.9. The first-order valence-electron chi connectivity index (χ1n) is 11.4. The maximum absolute atomic E-state index is 13.1. The number of rotatable bonds is 8. The fraction of sp³-hybridized carbons (Fsp3) is 0.423. The van der Waals surface area contributed by atoms with E-state index in [4.69, 9.17) is 4.74 Å². The summed E-state index contributed by atoms with van der Waals surface area (Å²) in [5, 5.41) is 3.68. The van der Waals surface area contributed by atoms with Crippen LogP contribution < -0.4 is 10.2 Å². The van der Waals surface area contributed by atoms with Gasteiger partial charge in [-0.2, -0.15) is 0 Å². The van der Waals surface area contributed by atoms with Crippen molar-refractivity contribution in [2.45, 2.75) is 38.6 Å². The number of hydrogen-bond donors (Lipinski definition) is 1. The molecule has 2 heterocycles. The lowest BCUT2D eigenvalue weighted by molar-refractivity contribution is -0.112. The number of amides is 1. The number of methoxy groups -OCH3 is 1. The van der Waals surface area contributed by atoms with Gasteiger partial charge in [-0.05, 0) is 49.1 Å². The van der Waals surface area contributed by atoms with Crippen LogP contribution in [0.3, 0.4) is 0 Å². The van der Waals surface area contributed by atoms with E-state index in [0.29, 0.717) is 11.6 Å². The summed E-state index contributed by atoms with van der Waals surface area (Å²) in [7, 11) is 1.75. The summed E-state index contributed by atoms with van der Waals surface area (Å²) in [5.41, 5.74) is 5.66. The highest BCUT2D eigenvalue weighted by atomic mass is 16.5. The summed E-state index contributed by atoms with van der Waals surface area (Å²) < 4.78 is 5.19. The average Bonchev–Trinajstić information content (AvgIpc) is 3.04. The first-order chi connectivity index (χ1) is 15.1. The standard InChI is InChI=1S/C26H33N3O2/c1-4-7-20-8-5-6-9-24(20)29-25-11-10-22(18-23(25)19(2)26(29)30)27-21-12-14-28(15-13-21)16-17-31-3/h5-6,8-11,18,21,27H,2,4,7,12-17H2,1,3H3. The van der Waals surface area contributed by atoms with Crippen molar-refractivity contribution in [1.29, 1.82) is 0 Å². The summed E-state index contributed by atoms with van der Waals surface area (Å²) in [6.45, 7) is 10.2. The Morgan fingerprint density at radius 3 is 2.65 bits per heavy atom. The molecule has 1 amide bonds. The van der Waals surface area contributed by atoms with Crippen LogP contribution in [-0.4, -0.2) is 50.2 Å². The monoisotopic (exact) mass is 419 g/mol. The molecule has 0 atom stereocenters. The van der Waals surface area contributed by atoms with Crippen LogP contribution in [0, 0.1) is 0 Å². The van der Waals surface area contributed by atoms with Crippen LogP contribution in [0.4, 0.5) is 17.1 Å². The maximum Gasteiger partial charge on any atom is 0.262 e. The number of anilines is 3. The molecule has 1 N–H and O–H groups in total. The summed E-state index contributed by atoms with van der Waals surface area (Å²) in [5.74, 6) is -0.0258. The largest absolute Gasteiger partial charge is 0.383 e. The third-order valence-corrected chi connectivity index (χ3v) is 6.35. The highest BCUT2D eigenvalue weighted by Gasteiger charge is 2.33. The molecule has 5 nitrogen and oxygen atoms in total. The van der Waals surface area contributed by atoms with E-state index in [0.717, 1.165) is 74.6 Å². The number of carbonyl (C=O) groups is 1. The van der Waals surface area contributed by atoms with Crippen molar-refractivity contribution in [1.82, 2.24) is 4.90 Å². The van der Waals surface area contributed by atoms with Crippen molar-refractivity contribution in [3.8, 4) is 0 Å². The van der Waals surface area contributed by atoms with Gasteiger partial charge in [0.2, 0.25) is 0 Å². The Hall–Kier alpha value is -2.63. The van der Waals surface area contributed by atoms with E-state index in [1.165, 1.54) is 5.56 Å². The van der Waals surface area contributed by atoms with E-state index >= 15 is 0 Å². The molecule has 0 bridgehead atoms. The third-order valence-electron chi connectivity index (χ3n) is 6.35. The fourth-order valence-electron chi connectivity index (χ4n) is 4.63. The second-order valence-electron chi connectivity index (χ2n) is 8.48. The van der Waals surface area contributed by atoms with Crippen molar-refractivity contribution in [3.63, 3.8) is 0 Å². The van der Waals surface area contributed by atoms with Gasteiger partial charge in [0.25, 0.3) is 5.91 Å². The van der Waals surface area contributed by atoms with E-state index in [-0.39, 0.29) is 5.91 Å². The van der Waals surface area contributed by atoms with Crippen LogP contribution in [0.25, 0.3) is 5.57 Å². The Labute approximate surface area is 185 Å². The summed E-state index contributed by atoms with van der Waals surface area (Å²) >= 11 is 0. The van der Waals surface area contributed by atoms with Gasteiger partial charge in [-0.15, -0.1) is 0 Å². The third kappa shape index (κ3) is 4.53. The van der Waals surface area contributed by atoms with Crippen molar-refractivity contribution < 1.29 is 9.53 Å². The molecule has 2 aliphatic heterocycles. The summed E-state index contributed by atoms with van der Waals surface area (Å²) in [4.78, 5) is 17.4. The van der Waals surface area contributed by atoms with Crippen LogP contribution in [0.1, 0.15) is 37.3 Å². The highest BCUT2D eigenvalue weighted by Crippen LogP contribution is 2.43. The van der Waals surface area contributed by atoms with Crippen LogP contribution in [0.5, 0.6) is 0 Å². The minimum atomic E-state index is -0.0258. The molecule has 1 saturated heterocycles. The normalized spacial score (nSPS) is 17.3. The van der Waals surface area contributed by atoms with Gasteiger partial charge >= 0.3 is 0 Å². The molecule has 31 heavy (non-hydrogen) atoms. The van der Waals surface area contributed by atoms with Crippen molar-refractivity contribution in [2.75, 3.05) is 43.6 Å². The first-order valence-corrected chi connectivity index (χ1v) is 11.4. The Morgan fingerprint density at radius 1 is 1.13 bits per heavy atom. The van der Waals surface area contributed by atoms with Crippen LogP contribution in [0.15, 0.2) is 49.0 Å². The average molecular weight is 420 g/mol. The van der Waals surface area contributed by atoms with E-state index < -0.39 is 0 Å². The van der Waals surface area contributed by atoms with E-state index in [1.54, 1.807) is 7.11 Å². The van der Waals surface area contributed by atoms with Gasteiger partial charge in [0.15, 0.2) is 0 Å². The minimum Gasteiger partial charge on any atom is -0.383 e. The van der Waals surface area contributed by atoms with Gasteiger partial charge in [0, 0.05) is 49.6 Å². The quantitative estimate of drug-likeness (QED) is 0.621. The van der Waals surface area contributed by atoms with Crippen molar-refractivity contribution in [2.24, 2.45) is 0 Å². The lowest BCUT2D eigenvalue weighted by atomic mass is 10.0. The molecule has 0 saturated carbocycles. The molecule has 164 valence electrons. The molecule has 0 aliphatic carbocycles. The van der Waals surface area contributed by atoms with Crippen molar-refractivity contribution in [3.05, 3.63) is 60.2 Å². The van der Waals surface area contributed by atoms with Gasteiger partial charge < -0.3 is 15.0 Å². The Bertz CT molecular complexity index is 947. The SMILES string of the molecule is C=C1C(=O)N(c2ccccc2CCC)c2ccc(NC3CCN(CCOC)CC3)cc21. The molecule has 2 aromatic rings. The minimum absolute atomic E-state index is 0.0258. The number of nitrogens with zero attached hydrogens (tertiary/aromatic N) is 2. The van der Waals surface area contributed by atoms with E-state index in [9.17, 15) is 4.79 Å². The predicted octanol–water partition coefficient (Wildman–Crippen LogP) is 4.85.